The minimum absolute atomic E-state index is 0.0588. The van der Waals surface area contributed by atoms with Crippen molar-refractivity contribution in [2.45, 2.75) is 69.4 Å². The Kier molecular flexibility index (Phi) is 6.61. The SMILES string of the molecule is COCCNC(=O)C1CCN(c2ccc3c(c2)CCC2(CCN(C4CCC4)CC2)O3)CC1. The highest BCUT2D eigenvalue weighted by molar-refractivity contribution is 5.79. The van der Waals surface area contributed by atoms with Gasteiger partial charge < -0.3 is 24.6 Å². The van der Waals surface area contributed by atoms with Crippen LogP contribution in [0.1, 0.15) is 56.9 Å². The maximum absolute atomic E-state index is 12.3. The summed E-state index contributed by atoms with van der Waals surface area (Å²) in [7, 11) is 1.66. The molecule has 0 radical (unpaired) electrons. The van der Waals surface area contributed by atoms with E-state index in [4.69, 9.17) is 9.47 Å². The standard InChI is InChI=1S/C26H39N3O3/c1-31-18-13-27-25(30)20-8-14-28(15-9-20)23-5-6-24-21(19-23)7-10-26(32-24)11-16-29(17-12-26)22-3-2-4-22/h5-6,19-20,22H,2-4,7-18H2,1H3,(H,27,30). The van der Waals surface area contributed by atoms with Crippen molar-refractivity contribution in [1.82, 2.24) is 10.2 Å². The molecule has 1 aromatic carbocycles. The Morgan fingerprint density at radius 1 is 1.12 bits per heavy atom. The zero-order chi connectivity index (χ0) is 22.0. The molecule has 1 aliphatic carbocycles. The number of hydrogen-bond acceptors (Lipinski definition) is 5. The summed E-state index contributed by atoms with van der Waals surface area (Å²) in [6.45, 7) is 5.44. The summed E-state index contributed by atoms with van der Waals surface area (Å²) in [6.07, 6.45) is 10.6. The van der Waals surface area contributed by atoms with Gasteiger partial charge in [0.2, 0.25) is 5.91 Å². The lowest BCUT2D eigenvalue weighted by atomic mass is 9.81. The second-order valence-electron chi connectivity index (χ2n) is 10.2. The van der Waals surface area contributed by atoms with Crippen LogP contribution in [0.2, 0.25) is 0 Å². The number of benzene rings is 1. The number of ether oxygens (including phenoxy) is 2. The third-order valence-corrected chi connectivity index (χ3v) is 8.36. The number of fused-ring (bicyclic) bond motifs is 1. The number of rotatable bonds is 6. The summed E-state index contributed by atoms with van der Waals surface area (Å²) >= 11 is 0. The van der Waals surface area contributed by atoms with Crippen LogP contribution in [0.15, 0.2) is 18.2 Å². The molecule has 0 unspecified atom stereocenters. The number of aryl methyl sites for hydroxylation is 1. The Morgan fingerprint density at radius 2 is 1.91 bits per heavy atom. The largest absolute Gasteiger partial charge is 0.487 e. The smallest absolute Gasteiger partial charge is 0.223 e. The van der Waals surface area contributed by atoms with Crippen LogP contribution in [0.5, 0.6) is 5.75 Å². The first-order chi connectivity index (χ1) is 15.7. The van der Waals surface area contributed by atoms with Gasteiger partial charge in [-0.15, -0.1) is 0 Å². The molecule has 3 fully saturated rings. The molecule has 6 nitrogen and oxygen atoms in total. The van der Waals surface area contributed by atoms with Gasteiger partial charge in [0, 0.05) is 57.5 Å². The van der Waals surface area contributed by atoms with E-state index >= 15 is 0 Å². The molecule has 1 spiro atoms. The number of anilines is 1. The van der Waals surface area contributed by atoms with E-state index in [0.717, 1.165) is 50.6 Å². The molecule has 32 heavy (non-hydrogen) atoms. The molecular weight excluding hydrogens is 402 g/mol. The molecule has 0 bridgehead atoms. The van der Waals surface area contributed by atoms with E-state index < -0.39 is 0 Å². The normalized spacial score (nSPS) is 24.0. The van der Waals surface area contributed by atoms with Crippen molar-refractivity contribution in [1.29, 1.82) is 0 Å². The first-order valence-electron chi connectivity index (χ1n) is 12.7. The van der Waals surface area contributed by atoms with Crippen molar-refractivity contribution in [2.24, 2.45) is 5.92 Å². The molecule has 3 aliphatic heterocycles. The van der Waals surface area contributed by atoms with Crippen LogP contribution in [0.4, 0.5) is 5.69 Å². The molecule has 1 aromatic rings. The minimum atomic E-state index is 0.0588. The van der Waals surface area contributed by atoms with E-state index in [1.807, 2.05) is 0 Å². The number of carbonyl (C=O) groups excluding carboxylic acids is 1. The molecule has 1 amide bonds. The van der Waals surface area contributed by atoms with Crippen LogP contribution in [0.25, 0.3) is 0 Å². The second-order valence-corrected chi connectivity index (χ2v) is 10.2. The highest BCUT2D eigenvalue weighted by Crippen LogP contribution is 2.42. The number of methoxy groups -OCH3 is 1. The molecule has 5 rings (SSSR count). The Hall–Kier alpha value is -1.79. The van der Waals surface area contributed by atoms with E-state index in [1.54, 1.807) is 7.11 Å². The van der Waals surface area contributed by atoms with Crippen molar-refractivity contribution in [3.8, 4) is 5.75 Å². The van der Waals surface area contributed by atoms with E-state index in [2.05, 4.69) is 33.3 Å². The zero-order valence-electron chi connectivity index (χ0n) is 19.6. The summed E-state index contributed by atoms with van der Waals surface area (Å²) in [5, 5.41) is 2.99. The third kappa shape index (κ3) is 4.62. The monoisotopic (exact) mass is 441 g/mol. The molecular formula is C26H39N3O3. The number of hydrogen-bond donors (Lipinski definition) is 1. The topological polar surface area (TPSA) is 54.0 Å². The Balaban J connectivity index is 1.14. The molecule has 0 aromatic heterocycles. The lowest BCUT2D eigenvalue weighted by molar-refractivity contribution is -0.125. The van der Waals surface area contributed by atoms with E-state index in [0.29, 0.717) is 13.2 Å². The fourth-order valence-electron chi connectivity index (χ4n) is 5.93. The highest BCUT2D eigenvalue weighted by atomic mass is 16.5. The molecule has 1 N–H and O–H groups in total. The average molecular weight is 442 g/mol. The molecule has 6 heteroatoms. The first-order valence-corrected chi connectivity index (χ1v) is 12.7. The van der Waals surface area contributed by atoms with Crippen LogP contribution in [-0.2, 0) is 16.0 Å². The number of carbonyl (C=O) groups is 1. The van der Waals surface area contributed by atoms with Gasteiger partial charge in [0.05, 0.1) is 6.61 Å². The van der Waals surface area contributed by atoms with Crippen LogP contribution >= 0.6 is 0 Å². The van der Waals surface area contributed by atoms with Crippen molar-refractivity contribution >= 4 is 11.6 Å². The molecule has 3 heterocycles. The number of nitrogens with one attached hydrogen (secondary N) is 1. The Bertz CT molecular complexity index is 794. The van der Waals surface area contributed by atoms with Gasteiger partial charge in [0.1, 0.15) is 11.4 Å². The van der Waals surface area contributed by atoms with Crippen LogP contribution in [0.3, 0.4) is 0 Å². The summed E-state index contributed by atoms with van der Waals surface area (Å²) in [6, 6.07) is 7.62. The van der Waals surface area contributed by atoms with Crippen molar-refractivity contribution in [3.63, 3.8) is 0 Å². The zero-order valence-corrected chi connectivity index (χ0v) is 19.6. The summed E-state index contributed by atoms with van der Waals surface area (Å²) in [4.78, 5) is 17.5. The van der Waals surface area contributed by atoms with Crippen molar-refractivity contribution in [2.75, 3.05) is 51.3 Å². The predicted molar refractivity (Wildman–Crippen MR) is 126 cm³/mol. The van der Waals surface area contributed by atoms with E-state index in [-0.39, 0.29) is 17.4 Å². The number of nitrogens with zero attached hydrogens (tertiary/aromatic N) is 2. The van der Waals surface area contributed by atoms with Crippen molar-refractivity contribution < 1.29 is 14.3 Å². The van der Waals surface area contributed by atoms with E-state index in [9.17, 15) is 4.79 Å². The molecule has 2 saturated heterocycles. The molecule has 176 valence electrons. The Labute approximate surface area is 192 Å². The summed E-state index contributed by atoms with van der Waals surface area (Å²) in [5.41, 5.74) is 2.69. The lowest BCUT2D eigenvalue weighted by Crippen LogP contribution is -2.53. The summed E-state index contributed by atoms with van der Waals surface area (Å²) in [5.74, 6) is 1.40. The van der Waals surface area contributed by atoms with Gasteiger partial charge >= 0.3 is 0 Å². The highest BCUT2D eigenvalue weighted by Gasteiger charge is 2.41. The maximum Gasteiger partial charge on any atom is 0.223 e. The van der Waals surface area contributed by atoms with Gasteiger partial charge in [-0.05, 0) is 75.1 Å². The molecule has 0 atom stereocenters. The quantitative estimate of drug-likeness (QED) is 0.686. The van der Waals surface area contributed by atoms with Crippen LogP contribution in [-0.4, -0.2) is 68.9 Å². The number of amides is 1. The van der Waals surface area contributed by atoms with Gasteiger partial charge in [-0.2, -0.15) is 0 Å². The van der Waals surface area contributed by atoms with Gasteiger partial charge in [0.15, 0.2) is 0 Å². The second kappa shape index (κ2) is 9.60. The fraction of sp³-hybridized carbons (Fsp3) is 0.731. The molecule has 4 aliphatic rings. The van der Waals surface area contributed by atoms with Gasteiger partial charge in [-0.3, -0.25) is 4.79 Å². The maximum atomic E-state index is 12.3. The molecule has 1 saturated carbocycles. The van der Waals surface area contributed by atoms with Gasteiger partial charge in [-0.1, -0.05) is 6.42 Å². The van der Waals surface area contributed by atoms with Crippen molar-refractivity contribution in [3.05, 3.63) is 23.8 Å². The van der Waals surface area contributed by atoms with Crippen LogP contribution < -0.4 is 15.0 Å². The number of likely N-dealkylation sites (tertiary alicyclic amines) is 1. The van der Waals surface area contributed by atoms with E-state index in [1.165, 1.54) is 56.4 Å². The van der Waals surface area contributed by atoms with Crippen LogP contribution in [0, 0.1) is 5.92 Å². The van der Waals surface area contributed by atoms with Gasteiger partial charge in [0.25, 0.3) is 0 Å². The minimum Gasteiger partial charge on any atom is -0.487 e. The predicted octanol–water partition coefficient (Wildman–Crippen LogP) is 3.38. The Morgan fingerprint density at radius 3 is 2.59 bits per heavy atom. The number of piperidine rings is 2. The summed E-state index contributed by atoms with van der Waals surface area (Å²) < 4.78 is 11.7. The first kappa shape index (κ1) is 22.0. The van der Waals surface area contributed by atoms with Gasteiger partial charge in [-0.25, -0.2) is 0 Å². The fourth-order valence-corrected chi connectivity index (χ4v) is 5.93. The average Bonchev–Trinajstić information content (AvgIpc) is 2.79. The lowest BCUT2D eigenvalue weighted by Gasteiger charge is -2.48. The third-order valence-electron chi connectivity index (χ3n) is 8.36.